The summed E-state index contributed by atoms with van der Waals surface area (Å²) in [5, 5.41) is 19.1. The molecule has 1 saturated heterocycles. The molecule has 2 aliphatic rings. The van der Waals surface area contributed by atoms with Crippen molar-refractivity contribution in [2.45, 2.75) is 90.1 Å². The molecule has 1 saturated carbocycles. The molecule has 2 aromatic heterocycles. The molecule has 4 aromatic carbocycles. The van der Waals surface area contributed by atoms with Crippen molar-refractivity contribution in [2.24, 2.45) is 0 Å². The van der Waals surface area contributed by atoms with Gasteiger partial charge in [0, 0.05) is 81.0 Å². The van der Waals surface area contributed by atoms with E-state index in [0.29, 0.717) is 120 Å². The Balaban J connectivity index is 0.615. The number of nitrogens with zero attached hydrogens (tertiary/aromatic N) is 8. The smallest absolute Gasteiger partial charge is 0.387 e. The van der Waals surface area contributed by atoms with Gasteiger partial charge in [-0.3, -0.25) is 19.7 Å². The standard InChI is InChI=1S/C63H81F2N11O10S/c1-46-11-23-56(86-61(64)65)55(41-46)59(60(79)66-43-48-9-5-4-6-10-48)76(52-17-18-52)57(77)24-14-47-12-19-53(20-13-47)84-33-8-7-26-72(2)31-35-82-38-37-81-34-25-50-44-75(71-70-50)32-36-83-39-40-85-54-21-15-49(16-22-54)67-62(80)69-63-68-51(45-87-63)42-58(78)74-29-27-73(3)28-30-74/h4-6,9-13,15-16,19-23,41,44-45,52,59,61H,7-8,14,17-18,24-40,42-43H2,1-3H3,(H,66,79)(H2,67,68,69,80). The Labute approximate surface area is 511 Å². The van der Waals surface area contributed by atoms with E-state index in [-0.39, 0.29) is 48.6 Å². The molecular formula is C63H81F2N11O10S. The zero-order chi connectivity index (χ0) is 61.2. The fourth-order valence-corrected chi connectivity index (χ4v) is 10.3. The Hall–Kier alpha value is -7.61. The van der Waals surface area contributed by atoms with Gasteiger partial charge in [-0.15, -0.1) is 16.4 Å². The van der Waals surface area contributed by atoms with Gasteiger partial charge in [0.15, 0.2) is 5.13 Å². The molecule has 0 spiro atoms. The van der Waals surface area contributed by atoms with Gasteiger partial charge in [0.05, 0.1) is 70.6 Å². The molecule has 468 valence electrons. The van der Waals surface area contributed by atoms with E-state index in [1.165, 1.54) is 17.4 Å². The molecule has 1 aliphatic heterocycles. The molecule has 3 N–H and O–H groups in total. The van der Waals surface area contributed by atoms with E-state index in [4.69, 9.17) is 28.4 Å². The number of carbonyl (C=O) groups is 4. The van der Waals surface area contributed by atoms with Gasteiger partial charge in [-0.2, -0.15) is 8.78 Å². The number of amides is 5. The normalized spacial score (nSPS) is 13.8. The highest BCUT2D eigenvalue weighted by atomic mass is 32.1. The average molecular weight is 1220 g/mol. The van der Waals surface area contributed by atoms with Crippen LogP contribution in [0.1, 0.15) is 71.8 Å². The van der Waals surface area contributed by atoms with Crippen molar-refractivity contribution in [3.8, 4) is 17.2 Å². The van der Waals surface area contributed by atoms with Crippen LogP contribution in [0.4, 0.5) is 24.4 Å². The maximum absolute atomic E-state index is 14.1. The zero-order valence-electron chi connectivity index (χ0n) is 49.9. The number of hydrogen-bond donors (Lipinski definition) is 3. The van der Waals surface area contributed by atoms with E-state index in [1.807, 2.05) is 79.7 Å². The number of carbonyl (C=O) groups excluding carboxylic acids is 4. The van der Waals surface area contributed by atoms with Gasteiger partial charge >= 0.3 is 12.6 Å². The maximum Gasteiger partial charge on any atom is 0.387 e. The van der Waals surface area contributed by atoms with Crippen LogP contribution in [0, 0.1) is 6.92 Å². The van der Waals surface area contributed by atoms with Crippen LogP contribution in [0.15, 0.2) is 109 Å². The summed E-state index contributed by atoms with van der Waals surface area (Å²) in [6, 6.07) is 27.0. The summed E-state index contributed by atoms with van der Waals surface area (Å²) in [6.45, 7) is 8.10. The van der Waals surface area contributed by atoms with Gasteiger partial charge in [0.1, 0.15) is 29.9 Å². The molecule has 5 amide bonds. The Kier molecular flexibility index (Phi) is 26.0. The number of hydrogen-bond acceptors (Lipinski definition) is 16. The number of halogens is 2. The molecule has 87 heavy (non-hydrogen) atoms. The average Bonchev–Trinajstić information content (AvgIpc) is 2.25. The topological polar surface area (TPSA) is 216 Å². The first-order chi connectivity index (χ1) is 42.3. The number of ether oxygens (including phenoxy) is 6. The highest BCUT2D eigenvalue weighted by molar-refractivity contribution is 7.14. The summed E-state index contributed by atoms with van der Waals surface area (Å²) in [7, 11) is 4.12. The lowest BCUT2D eigenvalue weighted by atomic mass is 9.99. The molecule has 24 heteroatoms. The summed E-state index contributed by atoms with van der Waals surface area (Å²) >= 11 is 1.28. The van der Waals surface area contributed by atoms with Crippen molar-refractivity contribution in [3.05, 3.63) is 142 Å². The Morgan fingerprint density at radius 1 is 0.747 bits per heavy atom. The van der Waals surface area contributed by atoms with Crippen LogP contribution in [0.3, 0.4) is 0 Å². The van der Waals surface area contributed by atoms with Gasteiger partial charge < -0.3 is 58.7 Å². The molecule has 8 rings (SSSR count). The molecule has 1 unspecified atom stereocenters. The van der Waals surface area contributed by atoms with Crippen molar-refractivity contribution < 1.29 is 56.4 Å². The monoisotopic (exact) mass is 1220 g/mol. The Morgan fingerprint density at radius 2 is 1.46 bits per heavy atom. The van der Waals surface area contributed by atoms with E-state index >= 15 is 0 Å². The van der Waals surface area contributed by atoms with Gasteiger partial charge in [-0.05, 0) is 119 Å². The second kappa shape index (κ2) is 34.7. The molecule has 21 nitrogen and oxygen atoms in total. The molecule has 0 radical (unpaired) electrons. The molecule has 2 fully saturated rings. The summed E-state index contributed by atoms with van der Waals surface area (Å²) in [5.41, 5.74) is 4.84. The predicted molar refractivity (Wildman–Crippen MR) is 326 cm³/mol. The number of aromatic nitrogens is 4. The van der Waals surface area contributed by atoms with Gasteiger partial charge in [-0.1, -0.05) is 59.3 Å². The predicted octanol–water partition coefficient (Wildman–Crippen LogP) is 8.05. The van der Waals surface area contributed by atoms with Crippen LogP contribution in [-0.4, -0.2) is 182 Å². The summed E-state index contributed by atoms with van der Waals surface area (Å²) in [4.78, 5) is 65.7. The van der Waals surface area contributed by atoms with E-state index in [2.05, 4.69) is 48.1 Å². The molecular weight excluding hydrogens is 1140 g/mol. The highest BCUT2D eigenvalue weighted by Crippen LogP contribution is 2.40. The number of piperazine rings is 1. The lowest BCUT2D eigenvalue weighted by Crippen LogP contribution is -2.47. The first-order valence-corrected chi connectivity index (χ1v) is 30.6. The minimum Gasteiger partial charge on any atom is -0.494 e. The number of nitrogens with one attached hydrogen (secondary N) is 3. The van der Waals surface area contributed by atoms with Crippen molar-refractivity contribution >= 4 is 45.9 Å². The third-order valence-corrected chi connectivity index (χ3v) is 15.4. The second-order valence-electron chi connectivity index (χ2n) is 21.6. The molecule has 1 atom stereocenters. The van der Waals surface area contributed by atoms with Crippen LogP contribution in [-0.2, 0) is 60.9 Å². The zero-order valence-corrected chi connectivity index (χ0v) is 50.7. The van der Waals surface area contributed by atoms with Crippen molar-refractivity contribution in [3.63, 3.8) is 0 Å². The highest BCUT2D eigenvalue weighted by Gasteiger charge is 2.42. The number of benzene rings is 4. The van der Waals surface area contributed by atoms with E-state index in [0.717, 1.165) is 67.2 Å². The maximum atomic E-state index is 14.1. The summed E-state index contributed by atoms with van der Waals surface area (Å²) < 4.78 is 63.0. The fourth-order valence-electron chi connectivity index (χ4n) is 9.64. The number of alkyl halides is 2. The minimum absolute atomic E-state index is 0.0419. The van der Waals surface area contributed by atoms with Crippen molar-refractivity contribution in [1.29, 1.82) is 0 Å². The largest absolute Gasteiger partial charge is 0.494 e. The van der Waals surface area contributed by atoms with Crippen molar-refractivity contribution in [1.82, 2.24) is 44.9 Å². The van der Waals surface area contributed by atoms with Crippen LogP contribution in [0.25, 0.3) is 0 Å². The third kappa shape index (κ3) is 22.6. The molecule has 3 heterocycles. The van der Waals surface area contributed by atoms with E-state index in [9.17, 15) is 28.0 Å². The molecule has 6 aromatic rings. The number of anilines is 2. The number of urea groups is 1. The van der Waals surface area contributed by atoms with Crippen LogP contribution < -0.4 is 30.2 Å². The second-order valence-corrected chi connectivity index (χ2v) is 22.4. The Bertz CT molecular complexity index is 3060. The lowest BCUT2D eigenvalue weighted by molar-refractivity contribution is -0.141. The fraction of sp³-hybridized carbons (Fsp3) is 0.476. The summed E-state index contributed by atoms with van der Waals surface area (Å²) in [6.07, 6.45) is 6.53. The first-order valence-electron chi connectivity index (χ1n) is 29.7. The number of aryl methyl sites for hydroxylation is 2. The minimum atomic E-state index is -3.10. The quantitative estimate of drug-likeness (QED) is 0.0315. The number of unbranched alkanes of at least 4 members (excludes halogenated alkanes) is 1. The molecule has 1 aliphatic carbocycles. The molecule has 0 bridgehead atoms. The van der Waals surface area contributed by atoms with E-state index in [1.54, 1.807) is 51.4 Å². The van der Waals surface area contributed by atoms with Crippen molar-refractivity contribution in [2.75, 3.05) is 117 Å². The van der Waals surface area contributed by atoms with Gasteiger partial charge in [-0.25, -0.2) is 14.5 Å². The van der Waals surface area contributed by atoms with E-state index < -0.39 is 24.6 Å². The number of likely N-dealkylation sites (N-methyl/N-ethyl adjacent to an activating group) is 2. The van der Waals surface area contributed by atoms with Gasteiger partial charge in [0.25, 0.3) is 0 Å². The summed E-state index contributed by atoms with van der Waals surface area (Å²) in [5.74, 6) is 0.589. The SMILES string of the molecule is Cc1ccc(OC(F)F)c(C(C(=O)NCc2ccccc2)N(C(=O)CCc2ccc(OCCCCN(C)CCOCCOCCc3cn(CCOCCOc4ccc(NC(=O)Nc5nc(CC(=O)N6CCN(C)CC6)cs5)cc4)nn3)cc2)C2CC2)c1. The van der Waals surface area contributed by atoms with Crippen LogP contribution in [0.5, 0.6) is 17.2 Å². The van der Waals surface area contributed by atoms with Crippen LogP contribution >= 0.6 is 11.3 Å². The lowest BCUT2D eigenvalue weighted by Gasteiger charge is -2.33. The number of rotatable bonds is 37. The number of thiazole rings is 1. The van der Waals surface area contributed by atoms with Crippen LogP contribution in [0.2, 0.25) is 0 Å². The van der Waals surface area contributed by atoms with Gasteiger partial charge in [0.2, 0.25) is 17.7 Å². The Morgan fingerprint density at radius 3 is 2.21 bits per heavy atom. The third-order valence-electron chi connectivity index (χ3n) is 14.6. The first kappa shape index (κ1) is 65.4.